The number of benzene rings is 1. The summed E-state index contributed by atoms with van der Waals surface area (Å²) >= 11 is 12.0. The molecule has 3 rings (SSSR count). The predicted octanol–water partition coefficient (Wildman–Crippen LogP) is 3.55. The summed E-state index contributed by atoms with van der Waals surface area (Å²) in [6.07, 6.45) is -3.74. The number of piperazine rings is 1. The van der Waals surface area contributed by atoms with Crippen LogP contribution in [0.5, 0.6) is 0 Å². The van der Waals surface area contributed by atoms with E-state index in [2.05, 4.69) is 4.98 Å². The molecule has 0 unspecified atom stereocenters. The Morgan fingerprint density at radius 2 is 1.59 bits per heavy atom. The Morgan fingerprint density at radius 1 is 1.00 bits per heavy atom. The molecule has 0 N–H and O–H groups in total. The molecule has 156 valence electrons. The van der Waals surface area contributed by atoms with Crippen molar-refractivity contribution in [1.82, 2.24) is 14.2 Å². The lowest BCUT2D eigenvalue weighted by Crippen LogP contribution is -2.50. The zero-order valence-electron chi connectivity index (χ0n) is 14.7. The highest BCUT2D eigenvalue weighted by Gasteiger charge is 2.34. The first-order valence-corrected chi connectivity index (χ1v) is 10.5. The first-order valence-electron chi connectivity index (χ1n) is 8.28. The summed E-state index contributed by atoms with van der Waals surface area (Å²) in [6.45, 7) is 0.0929. The van der Waals surface area contributed by atoms with Gasteiger partial charge in [-0.15, -0.1) is 0 Å². The fourth-order valence-electron chi connectivity index (χ4n) is 2.86. The molecule has 1 fully saturated rings. The SMILES string of the molecule is O=C(c1ccc(C(F)(F)F)nc1)N1CCN(S(=O)(=O)c2c(Cl)cccc2Cl)CC1. The highest BCUT2D eigenvalue weighted by atomic mass is 35.5. The van der Waals surface area contributed by atoms with Crippen LogP contribution in [0.25, 0.3) is 0 Å². The summed E-state index contributed by atoms with van der Waals surface area (Å²) in [6, 6.07) is 6.13. The topological polar surface area (TPSA) is 70.6 Å². The van der Waals surface area contributed by atoms with Crippen LogP contribution in [-0.2, 0) is 16.2 Å². The number of carbonyl (C=O) groups is 1. The van der Waals surface area contributed by atoms with Crippen LogP contribution in [0.15, 0.2) is 41.4 Å². The zero-order chi connectivity index (χ0) is 21.4. The van der Waals surface area contributed by atoms with Crippen molar-refractivity contribution in [2.75, 3.05) is 26.2 Å². The molecule has 2 aromatic rings. The Labute approximate surface area is 174 Å². The average molecular weight is 468 g/mol. The van der Waals surface area contributed by atoms with E-state index < -0.39 is 27.8 Å². The Balaban J connectivity index is 1.71. The zero-order valence-corrected chi connectivity index (χ0v) is 17.0. The summed E-state index contributed by atoms with van der Waals surface area (Å²) in [4.78, 5) is 16.9. The summed E-state index contributed by atoms with van der Waals surface area (Å²) in [5.41, 5.74) is -1.11. The van der Waals surface area contributed by atoms with Gasteiger partial charge in [-0.05, 0) is 24.3 Å². The molecule has 0 aliphatic carbocycles. The van der Waals surface area contributed by atoms with E-state index in [-0.39, 0.29) is 46.7 Å². The van der Waals surface area contributed by atoms with E-state index in [0.717, 1.165) is 22.6 Å². The summed E-state index contributed by atoms with van der Waals surface area (Å²) in [5.74, 6) is -0.529. The van der Waals surface area contributed by atoms with Gasteiger partial charge in [0.25, 0.3) is 5.91 Å². The fraction of sp³-hybridized carbons (Fsp3) is 0.294. The highest BCUT2D eigenvalue weighted by molar-refractivity contribution is 7.89. The number of alkyl halides is 3. The molecule has 0 radical (unpaired) electrons. The third-order valence-corrected chi connectivity index (χ3v) is 7.20. The first kappa shape index (κ1) is 21.8. The minimum atomic E-state index is -4.60. The maximum atomic E-state index is 12.8. The number of amides is 1. The Morgan fingerprint density at radius 3 is 2.07 bits per heavy atom. The van der Waals surface area contributed by atoms with Gasteiger partial charge in [-0.1, -0.05) is 29.3 Å². The molecule has 1 aromatic heterocycles. The second-order valence-electron chi connectivity index (χ2n) is 6.18. The normalized spacial score (nSPS) is 16.1. The molecule has 29 heavy (non-hydrogen) atoms. The lowest BCUT2D eigenvalue weighted by molar-refractivity contribution is -0.141. The van der Waals surface area contributed by atoms with Crippen LogP contribution >= 0.6 is 23.2 Å². The Hall–Kier alpha value is -1.88. The van der Waals surface area contributed by atoms with Crippen molar-refractivity contribution in [2.24, 2.45) is 0 Å². The predicted molar refractivity (Wildman–Crippen MR) is 100 cm³/mol. The number of nitrogens with zero attached hydrogens (tertiary/aromatic N) is 3. The van der Waals surface area contributed by atoms with Crippen LogP contribution in [0.3, 0.4) is 0 Å². The molecule has 1 aliphatic rings. The van der Waals surface area contributed by atoms with E-state index in [4.69, 9.17) is 23.2 Å². The minimum Gasteiger partial charge on any atom is -0.336 e. The van der Waals surface area contributed by atoms with E-state index in [0.29, 0.717) is 0 Å². The molecule has 1 aliphatic heterocycles. The lowest BCUT2D eigenvalue weighted by Gasteiger charge is -2.34. The van der Waals surface area contributed by atoms with Crippen molar-refractivity contribution in [2.45, 2.75) is 11.1 Å². The van der Waals surface area contributed by atoms with Gasteiger partial charge in [0.1, 0.15) is 10.6 Å². The van der Waals surface area contributed by atoms with Crippen molar-refractivity contribution >= 4 is 39.1 Å². The molecule has 0 spiro atoms. The van der Waals surface area contributed by atoms with Crippen LogP contribution < -0.4 is 0 Å². The second-order valence-corrected chi connectivity index (χ2v) is 8.87. The molecular weight excluding hydrogens is 454 g/mol. The van der Waals surface area contributed by atoms with Gasteiger partial charge in [0.2, 0.25) is 10.0 Å². The summed E-state index contributed by atoms with van der Waals surface area (Å²) in [7, 11) is -3.96. The quantitative estimate of drug-likeness (QED) is 0.691. The molecule has 2 heterocycles. The summed E-state index contributed by atoms with van der Waals surface area (Å²) in [5, 5.41) is -0.0151. The Bertz CT molecular complexity index is 1000. The first-order chi connectivity index (χ1) is 13.5. The van der Waals surface area contributed by atoms with Gasteiger partial charge in [0.15, 0.2) is 0 Å². The summed E-state index contributed by atoms with van der Waals surface area (Å²) < 4.78 is 64.6. The van der Waals surface area contributed by atoms with Gasteiger partial charge in [-0.25, -0.2) is 8.42 Å². The number of hydrogen-bond donors (Lipinski definition) is 0. The van der Waals surface area contributed by atoms with Crippen molar-refractivity contribution in [3.8, 4) is 0 Å². The number of aromatic nitrogens is 1. The van der Waals surface area contributed by atoms with Crippen LogP contribution in [0, 0.1) is 0 Å². The molecule has 1 saturated heterocycles. The number of rotatable bonds is 3. The van der Waals surface area contributed by atoms with Crippen molar-refractivity contribution in [3.05, 3.63) is 57.8 Å². The van der Waals surface area contributed by atoms with Crippen molar-refractivity contribution in [3.63, 3.8) is 0 Å². The van der Waals surface area contributed by atoms with Gasteiger partial charge >= 0.3 is 6.18 Å². The Kier molecular flexibility index (Phi) is 6.09. The van der Waals surface area contributed by atoms with Crippen LogP contribution in [0.4, 0.5) is 13.2 Å². The minimum absolute atomic E-state index is 0.00756. The maximum Gasteiger partial charge on any atom is 0.433 e. The standard InChI is InChI=1S/C17H14Cl2F3N3O3S/c18-12-2-1-3-13(19)15(12)29(27,28)25-8-6-24(7-9-25)16(26)11-4-5-14(23-10-11)17(20,21)22/h1-5,10H,6-9H2. The van der Waals surface area contributed by atoms with E-state index in [1.807, 2.05) is 0 Å². The second kappa shape index (κ2) is 8.10. The molecule has 6 nitrogen and oxygen atoms in total. The van der Waals surface area contributed by atoms with E-state index in [1.54, 1.807) is 0 Å². The molecule has 1 aromatic carbocycles. The number of sulfonamides is 1. The third-order valence-electron chi connectivity index (χ3n) is 4.34. The highest BCUT2D eigenvalue weighted by Crippen LogP contribution is 2.32. The molecule has 1 amide bonds. The lowest BCUT2D eigenvalue weighted by atomic mass is 10.2. The van der Waals surface area contributed by atoms with Gasteiger partial charge in [-0.3, -0.25) is 9.78 Å². The largest absolute Gasteiger partial charge is 0.433 e. The average Bonchev–Trinajstić information content (AvgIpc) is 2.66. The number of hydrogen-bond acceptors (Lipinski definition) is 4. The fourth-order valence-corrected chi connectivity index (χ4v) is 5.37. The number of pyridine rings is 1. The molecule has 0 bridgehead atoms. The number of carbonyl (C=O) groups excluding carboxylic acids is 1. The van der Waals surface area contributed by atoms with E-state index in [1.165, 1.54) is 23.1 Å². The van der Waals surface area contributed by atoms with E-state index >= 15 is 0 Å². The van der Waals surface area contributed by atoms with Gasteiger partial charge in [0, 0.05) is 32.4 Å². The monoisotopic (exact) mass is 467 g/mol. The van der Waals surface area contributed by atoms with Gasteiger partial charge in [0.05, 0.1) is 15.6 Å². The van der Waals surface area contributed by atoms with Crippen molar-refractivity contribution < 1.29 is 26.4 Å². The smallest absolute Gasteiger partial charge is 0.336 e. The molecule has 0 atom stereocenters. The maximum absolute atomic E-state index is 12.8. The third kappa shape index (κ3) is 4.50. The van der Waals surface area contributed by atoms with Crippen LogP contribution in [0.1, 0.15) is 16.1 Å². The van der Waals surface area contributed by atoms with Crippen LogP contribution in [-0.4, -0.2) is 54.7 Å². The molecule has 0 saturated carbocycles. The van der Waals surface area contributed by atoms with Gasteiger partial charge in [-0.2, -0.15) is 17.5 Å². The molecular formula is C17H14Cl2F3N3O3S. The molecule has 12 heteroatoms. The van der Waals surface area contributed by atoms with Gasteiger partial charge < -0.3 is 4.90 Å². The number of halogens is 5. The van der Waals surface area contributed by atoms with Crippen LogP contribution in [0.2, 0.25) is 10.0 Å². The van der Waals surface area contributed by atoms with Crippen molar-refractivity contribution in [1.29, 1.82) is 0 Å². The van der Waals surface area contributed by atoms with E-state index in [9.17, 15) is 26.4 Å².